The van der Waals surface area contributed by atoms with E-state index in [9.17, 15) is 9.59 Å². The second kappa shape index (κ2) is 8.15. The maximum absolute atomic E-state index is 11.9. The van der Waals surface area contributed by atoms with Crippen LogP contribution in [0.5, 0.6) is 0 Å². The molecule has 0 saturated heterocycles. The Morgan fingerprint density at radius 1 is 1.32 bits per heavy atom. The van der Waals surface area contributed by atoms with Gasteiger partial charge in [0.1, 0.15) is 0 Å². The Bertz CT molecular complexity index is 301. The van der Waals surface area contributed by atoms with E-state index in [1.807, 2.05) is 18.7 Å². The van der Waals surface area contributed by atoms with Crippen molar-refractivity contribution in [1.29, 1.82) is 0 Å². The fourth-order valence-corrected chi connectivity index (χ4v) is 2.42. The fourth-order valence-electron chi connectivity index (χ4n) is 2.42. The molecule has 1 amide bonds. The second-order valence-electron chi connectivity index (χ2n) is 5.30. The van der Waals surface area contributed by atoms with Crippen LogP contribution in [0.25, 0.3) is 0 Å². The van der Waals surface area contributed by atoms with Crippen molar-refractivity contribution in [1.82, 2.24) is 10.2 Å². The Balaban J connectivity index is 2.52. The van der Waals surface area contributed by atoms with Gasteiger partial charge in [-0.2, -0.15) is 0 Å². The average Bonchev–Trinajstić information content (AvgIpc) is 2.91. The summed E-state index contributed by atoms with van der Waals surface area (Å²) < 4.78 is 4.71. The summed E-state index contributed by atoms with van der Waals surface area (Å²) in [5.41, 5.74) is 0. The van der Waals surface area contributed by atoms with Crippen LogP contribution in [0.4, 0.5) is 0 Å². The predicted molar refractivity (Wildman–Crippen MR) is 73.7 cm³/mol. The summed E-state index contributed by atoms with van der Waals surface area (Å²) in [7, 11) is 1.38. The first-order valence-corrected chi connectivity index (χ1v) is 7.17. The highest BCUT2D eigenvalue weighted by Crippen LogP contribution is 2.23. The molecule has 5 heteroatoms. The number of nitrogens with one attached hydrogen (secondary N) is 1. The minimum Gasteiger partial charge on any atom is -0.468 e. The number of methoxy groups -OCH3 is 1. The predicted octanol–water partition coefficient (Wildman–Crippen LogP) is 1.32. The van der Waals surface area contributed by atoms with Gasteiger partial charge < -0.3 is 10.1 Å². The summed E-state index contributed by atoms with van der Waals surface area (Å²) in [4.78, 5) is 25.3. The number of amides is 1. The van der Waals surface area contributed by atoms with E-state index in [0.717, 1.165) is 19.3 Å². The maximum Gasteiger partial charge on any atom is 0.319 e. The fraction of sp³-hybridized carbons (Fsp3) is 0.857. The lowest BCUT2D eigenvalue weighted by atomic mass is 10.2. The summed E-state index contributed by atoms with van der Waals surface area (Å²) in [6, 6.07) is 0.512. The van der Waals surface area contributed by atoms with Crippen LogP contribution in [-0.4, -0.2) is 49.1 Å². The van der Waals surface area contributed by atoms with Crippen molar-refractivity contribution in [2.45, 2.75) is 58.0 Å². The number of carbonyl (C=O) groups is 2. The van der Waals surface area contributed by atoms with Crippen molar-refractivity contribution < 1.29 is 14.3 Å². The number of rotatable bonds is 7. The number of esters is 1. The molecule has 1 aliphatic rings. The third-order valence-electron chi connectivity index (χ3n) is 3.77. The lowest BCUT2D eigenvalue weighted by molar-refractivity contribution is -0.143. The van der Waals surface area contributed by atoms with Gasteiger partial charge in [-0.3, -0.25) is 14.5 Å². The van der Waals surface area contributed by atoms with Crippen LogP contribution in [0.3, 0.4) is 0 Å². The van der Waals surface area contributed by atoms with Gasteiger partial charge in [0.2, 0.25) is 5.91 Å². The molecule has 1 saturated carbocycles. The molecular formula is C14H26N2O3. The molecule has 1 fully saturated rings. The van der Waals surface area contributed by atoms with Crippen LogP contribution in [0, 0.1) is 0 Å². The highest BCUT2D eigenvalue weighted by Gasteiger charge is 2.26. The van der Waals surface area contributed by atoms with Crippen molar-refractivity contribution >= 4 is 11.9 Å². The number of hydrogen-bond acceptors (Lipinski definition) is 4. The SMILES string of the molecule is CCC(C)NC(=O)CN(CC(=O)OC)C1CCCC1. The number of ether oxygens (including phenoxy) is 1. The van der Waals surface area contributed by atoms with Crippen molar-refractivity contribution in [3.8, 4) is 0 Å². The van der Waals surface area contributed by atoms with E-state index in [2.05, 4.69) is 5.32 Å². The Morgan fingerprint density at radius 3 is 2.47 bits per heavy atom. The van der Waals surface area contributed by atoms with E-state index in [1.165, 1.54) is 20.0 Å². The van der Waals surface area contributed by atoms with Gasteiger partial charge in [0.05, 0.1) is 20.2 Å². The van der Waals surface area contributed by atoms with E-state index in [1.54, 1.807) is 0 Å². The van der Waals surface area contributed by atoms with Gasteiger partial charge in [0.15, 0.2) is 0 Å². The van der Waals surface area contributed by atoms with Crippen LogP contribution in [-0.2, 0) is 14.3 Å². The molecular weight excluding hydrogens is 244 g/mol. The van der Waals surface area contributed by atoms with E-state index < -0.39 is 0 Å². The van der Waals surface area contributed by atoms with Crippen LogP contribution >= 0.6 is 0 Å². The molecule has 0 bridgehead atoms. The topological polar surface area (TPSA) is 58.6 Å². The zero-order chi connectivity index (χ0) is 14.3. The van der Waals surface area contributed by atoms with E-state index in [-0.39, 0.29) is 31.0 Å². The van der Waals surface area contributed by atoms with E-state index >= 15 is 0 Å². The van der Waals surface area contributed by atoms with Gasteiger partial charge in [0, 0.05) is 12.1 Å². The molecule has 5 nitrogen and oxygen atoms in total. The van der Waals surface area contributed by atoms with Crippen LogP contribution in [0.1, 0.15) is 46.0 Å². The van der Waals surface area contributed by atoms with Gasteiger partial charge in [-0.05, 0) is 26.2 Å². The van der Waals surface area contributed by atoms with E-state index in [4.69, 9.17) is 4.74 Å². The summed E-state index contributed by atoms with van der Waals surface area (Å²) in [5, 5.41) is 2.94. The molecule has 0 aromatic heterocycles. The van der Waals surface area contributed by atoms with Gasteiger partial charge in [-0.25, -0.2) is 0 Å². The largest absolute Gasteiger partial charge is 0.468 e. The summed E-state index contributed by atoms with van der Waals surface area (Å²) >= 11 is 0. The molecule has 1 N–H and O–H groups in total. The number of hydrogen-bond donors (Lipinski definition) is 1. The van der Waals surface area contributed by atoms with Crippen molar-refractivity contribution in [3.63, 3.8) is 0 Å². The molecule has 0 spiro atoms. The molecule has 0 aromatic rings. The lowest BCUT2D eigenvalue weighted by Crippen LogP contribution is -2.46. The van der Waals surface area contributed by atoms with Gasteiger partial charge in [-0.1, -0.05) is 19.8 Å². The molecule has 19 heavy (non-hydrogen) atoms. The zero-order valence-electron chi connectivity index (χ0n) is 12.3. The van der Waals surface area contributed by atoms with Crippen LogP contribution < -0.4 is 5.32 Å². The molecule has 1 unspecified atom stereocenters. The van der Waals surface area contributed by atoms with Crippen molar-refractivity contribution in [2.24, 2.45) is 0 Å². The summed E-state index contributed by atoms with van der Waals surface area (Å²) in [6.07, 6.45) is 5.39. The van der Waals surface area contributed by atoms with E-state index in [0.29, 0.717) is 6.04 Å². The Morgan fingerprint density at radius 2 is 1.95 bits per heavy atom. The van der Waals surface area contributed by atoms with Gasteiger partial charge in [0.25, 0.3) is 0 Å². The summed E-state index contributed by atoms with van der Waals surface area (Å²) in [5.74, 6) is -0.284. The van der Waals surface area contributed by atoms with Crippen LogP contribution in [0.2, 0.25) is 0 Å². The summed E-state index contributed by atoms with van der Waals surface area (Å²) in [6.45, 7) is 4.51. The molecule has 0 aromatic carbocycles. The Kier molecular flexibility index (Phi) is 6.84. The third kappa shape index (κ3) is 5.59. The molecule has 0 heterocycles. The first-order chi connectivity index (χ1) is 9.06. The quantitative estimate of drug-likeness (QED) is 0.709. The third-order valence-corrected chi connectivity index (χ3v) is 3.77. The lowest BCUT2D eigenvalue weighted by Gasteiger charge is -2.27. The Hall–Kier alpha value is -1.10. The zero-order valence-corrected chi connectivity index (χ0v) is 12.3. The number of nitrogens with zero attached hydrogens (tertiary/aromatic N) is 1. The molecule has 1 rings (SSSR count). The molecule has 1 atom stereocenters. The first-order valence-electron chi connectivity index (χ1n) is 7.17. The van der Waals surface area contributed by atoms with Gasteiger partial charge in [-0.15, -0.1) is 0 Å². The second-order valence-corrected chi connectivity index (χ2v) is 5.30. The maximum atomic E-state index is 11.9. The van der Waals surface area contributed by atoms with Crippen molar-refractivity contribution in [2.75, 3.05) is 20.2 Å². The molecule has 1 aliphatic carbocycles. The standard InChI is InChI=1S/C14H26N2O3/c1-4-11(2)15-13(17)9-16(10-14(18)19-3)12-7-5-6-8-12/h11-12H,4-10H2,1-3H3,(H,15,17). The highest BCUT2D eigenvalue weighted by atomic mass is 16.5. The minimum atomic E-state index is -0.275. The monoisotopic (exact) mass is 270 g/mol. The Labute approximate surface area is 115 Å². The minimum absolute atomic E-state index is 0.00912. The number of carbonyl (C=O) groups excluding carboxylic acids is 2. The average molecular weight is 270 g/mol. The first kappa shape index (κ1) is 16.0. The van der Waals surface area contributed by atoms with Gasteiger partial charge >= 0.3 is 5.97 Å². The smallest absolute Gasteiger partial charge is 0.319 e. The highest BCUT2D eigenvalue weighted by molar-refractivity contribution is 5.79. The molecule has 0 radical (unpaired) electrons. The normalized spacial score (nSPS) is 17.5. The molecule has 0 aliphatic heterocycles. The van der Waals surface area contributed by atoms with Crippen molar-refractivity contribution in [3.05, 3.63) is 0 Å². The van der Waals surface area contributed by atoms with Crippen LogP contribution in [0.15, 0.2) is 0 Å². The molecule has 110 valence electrons.